The van der Waals surface area contributed by atoms with Gasteiger partial charge in [-0.05, 0) is 44.2 Å². The number of rotatable bonds is 4. The van der Waals surface area contributed by atoms with Gasteiger partial charge in [-0.2, -0.15) is 0 Å². The summed E-state index contributed by atoms with van der Waals surface area (Å²) in [5.41, 5.74) is 5.43. The van der Waals surface area contributed by atoms with Gasteiger partial charge in [0.05, 0.1) is 25.4 Å². The third-order valence-electron chi connectivity index (χ3n) is 4.98. The van der Waals surface area contributed by atoms with Crippen molar-refractivity contribution in [2.75, 3.05) is 32.6 Å². The summed E-state index contributed by atoms with van der Waals surface area (Å²) in [4.78, 5) is 9.55. The second kappa shape index (κ2) is 6.43. The van der Waals surface area contributed by atoms with Crippen LogP contribution in [-0.4, -0.2) is 43.3 Å². The fraction of sp³-hybridized carbons (Fsp3) is 0.556. The third kappa shape index (κ3) is 2.65. The van der Waals surface area contributed by atoms with Crippen molar-refractivity contribution < 1.29 is 9.47 Å². The van der Waals surface area contributed by atoms with Crippen molar-refractivity contribution in [3.63, 3.8) is 0 Å². The average molecular weight is 328 g/mol. The van der Waals surface area contributed by atoms with Gasteiger partial charge < -0.3 is 20.1 Å². The molecule has 6 heteroatoms. The lowest BCUT2D eigenvalue weighted by Gasteiger charge is -2.26. The van der Waals surface area contributed by atoms with E-state index >= 15 is 0 Å². The van der Waals surface area contributed by atoms with Crippen molar-refractivity contribution >= 4 is 16.7 Å². The Morgan fingerprint density at radius 2 is 2.08 bits per heavy atom. The summed E-state index contributed by atoms with van der Waals surface area (Å²) in [5, 5.41) is 7.22. The smallest absolute Gasteiger partial charge is 0.257 e. The van der Waals surface area contributed by atoms with Crippen LogP contribution in [0.15, 0.2) is 6.07 Å². The third-order valence-corrected chi connectivity index (χ3v) is 4.98. The van der Waals surface area contributed by atoms with Crippen molar-refractivity contribution in [2.45, 2.75) is 38.1 Å². The lowest BCUT2D eigenvalue weighted by atomic mass is 10.0. The number of ether oxygens (including phenoxy) is 2. The number of aryl methyl sites for hydroxylation is 1. The number of piperidine rings is 1. The highest BCUT2D eigenvalue weighted by molar-refractivity contribution is 5.92. The van der Waals surface area contributed by atoms with Crippen molar-refractivity contribution in [1.82, 2.24) is 15.3 Å². The topological polar surface area (TPSA) is 68.3 Å². The second-order valence-electron chi connectivity index (χ2n) is 6.52. The number of nitrogens with one attached hydrogen (secondary N) is 2. The Morgan fingerprint density at radius 3 is 2.83 bits per heavy atom. The van der Waals surface area contributed by atoms with E-state index in [9.17, 15) is 0 Å². The molecule has 0 amide bonds. The summed E-state index contributed by atoms with van der Waals surface area (Å²) in [5.74, 6) is 1.13. The van der Waals surface area contributed by atoms with Gasteiger partial charge in [-0.15, -0.1) is 0 Å². The maximum atomic E-state index is 5.40. The lowest BCUT2D eigenvalue weighted by Crippen LogP contribution is -2.38. The van der Waals surface area contributed by atoms with Crippen LogP contribution in [0.1, 0.15) is 30.5 Å². The average Bonchev–Trinajstić information content (AvgIpc) is 3.09. The molecule has 2 aliphatic rings. The van der Waals surface area contributed by atoms with E-state index in [0.717, 1.165) is 49.1 Å². The molecule has 0 spiro atoms. The quantitative estimate of drug-likeness (QED) is 0.898. The fourth-order valence-electron chi connectivity index (χ4n) is 3.77. The van der Waals surface area contributed by atoms with Crippen LogP contribution in [0.3, 0.4) is 0 Å². The molecule has 6 nitrogen and oxygen atoms in total. The largest absolute Gasteiger partial charge is 0.491 e. The van der Waals surface area contributed by atoms with Gasteiger partial charge in [0.2, 0.25) is 0 Å². The van der Waals surface area contributed by atoms with Crippen LogP contribution >= 0.6 is 0 Å². The van der Waals surface area contributed by atoms with E-state index in [2.05, 4.69) is 10.6 Å². The highest BCUT2D eigenvalue weighted by atomic mass is 16.5. The molecule has 2 N–H and O–H groups in total. The van der Waals surface area contributed by atoms with Gasteiger partial charge in [0, 0.05) is 24.3 Å². The van der Waals surface area contributed by atoms with Gasteiger partial charge in [0.25, 0.3) is 5.88 Å². The molecule has 3 heterocycles. The summed E-state index contributed by atoms with van der Waals surface area (Å²) >= 11 is 0. The molecule has 1 atom stereocenters. The van der Waals surface area contributed by atoms with Crippen LogP contribution in [0.2, 0.25) is 0 Å². The van der Waals surface area contributed by atoms with Gasteiger partial charge in [0.1, 0.15) is 5.52 Å². The number of hydrogen-bond acceptors (Lipinski definition) is 6. The first-order valence-corrected chi connectivity index (χ1v) is 8.72. The number of aromatic nitrogens is 2. The minimum atomic E-state index is 0.434. The summed E-state index contributed by atoms with van der Waals surface area (Å²) in [7, 11) is 3.25. The predicted molar refractivity (Wildman–Crippen MR) is 94.2 cm³/mol. The minimum Gasteiger partial charge on any atom is -0.491 e. The molecule has 0 bridgehead atoms. The molecule has 1 aliphatic carbocycles. The summed E-state index contributed by atoms with van der Waals surface area (Å²) in [6.45, 7) is 2.10. The molecule has 0 unspecified atom stereocenters. The Morgan fingerprint density at radius 1 is 1.17 bits per heavy atom. The zero-order valence-electron chi connectivity index (χ0n) is 14.3. The van der Waals surface area contributed by atoms with Gasteiger partial charge in [-0.1, -0.05) is 0 Å². The predicted octanol–water partition coefficient (Wildman–Crippen LogP) is 2.30. The van der Waals surface area contributed by atoms with Crippen LogP contribution in [-0.2, 0) is 12.8 Å². The molecule has 1 saturated heterocycles. The first kappa shape index (κ1) is 15.4. The Hall–Kier alpha value is -2.08. The minimum absolute atomic E-state index is 0.434. The molecule has 2 aromatic rings. The molecule has 1 fully saturated rings. The number of fused-ring (bicyclic) bond motifs is 2. The molecule has 2 aromatic heterocycles. The zero-order chi connectivity index (χ0) is 16.5. The van der Waals surface area contributed by atoms with Gasteiger partial charge in [-0.25, -0.2) is 4.98 Å². The molecule has 0 aromatic carbocycles. The zero-order valence-corrected chi connectivity index (χ0v) is 14.3. The number of nitrogens with zero attached hydrogens (tertiary/aromatic N) is 2. The summed E-state index contributed by atoms with van der Waals surface area (Å²) in [6.07, 6.45) is 5.64. The molecule has 0 saturated carbocycles. The van der Waals surface area contributed by atoms with Crippen molar-refractivity contribution in [3.8, 4) is 11.6 Å². The SMILES string of the molecule is COc1cc2nc3c(c(N[C@@H]4CCCNC4)c2nc1OC)CCC3. The Labute approximate surface area is 142 Å². The second-order valence-corrected chi connectivity index (χ2v) is 6.52. The molecule has 1 aliphatic heterocycles. The van der Waals surface area contributed by atoms with Crippen molar-refractivity contribution in [2.24, 2.45) is 0 Å². The van der Waals surface area contributed by atoms with Gasteiger partial charge in [0.15, 0.2) is 5.75 Å². The Balaban J connectivity index is 1.85. The number of hydrogen-bond donors (Lipinski definition) is 2. The van der Waals surface area contributed by atoms with Gasteiger partial charge in [-0.3, -0.25) is 4.98 Å². The Kier molecular flexibility index (Phi) is 4.14. The highest BCUT2D eigenvalue weighted by Gasteiger charge is 2.24. The highest BCUT2D eigenvalue weighted by Crippen LogP contribution is 2.37. The van der Waals surface area contributed by atoms with E-state index < -0.39 is 0 Å². The standard InChI is InChI=1S/C18H24N4O2/c1-23-15-9-14-17(22-18(15)24-2)16(12-6-3-7-13(12)21-14)20-11-5-4-8-19-10-11/h9,11,19H,3-8,10H2,1-2H3,(H,20,21)/t11-/m1/s1. The van der Waals surface area contributed by atoms with Crippen molar-refractivity contribution in [1.29, 1.82) is 0 Å². The lowest BCUT2D eigenvalue weighted by molar-refractivity contribution is 0.344. The summed E-state index contributed by atoms with van der Waals surface area (Å²) < 4.78 is 10.8. The van der Waals surface area contributed by atoms with Crippen LogP contribution in [0.25, 0.3) is 11.0 Å². The van der Waals surface area contributed by atoms with E-state index in [-0.39, 0.29) is 0 Å². The van der Waals surface area contributed by atoms with E-state index in [1.165, 1.54) is 24.1 Å². The molecule has 24 heavy (non-hydrogen) atoms. The fourth-order valence-corrected chi connectivity index (χ4v) is 3.77. The van der Waals surface area contributed by atoms with E-state index in [1.54, 1.807) is 14.2 Å². The Bertz CT molecular complexity index is 757. The molecule has 0 radical (unpaired) electrons. The van der Waals surface area contributed by atoms with Crippen molar-refractivity contribution in [3.05, 3.63) is 17.3 Å². The maximum Gasteiger partial charge on any atom is 0.257 e. The normalized spacial score (nSPS) is 20.0. The maximum absolute atomic E-state index is 5.40. The monoisotopic (exact) mass is 328 g/mol. The van der Waals surface area contributed by atoms with E-state index in [1.807, 2.05) is 6.07 Å². The molecular formula is C18H24N4O2. The molecule has 128 valence electrons. The summed E-state index contributed by atoms with van der Waals surface area (Å²) in [6, 6.07) is 2.37. The van der Waals surface area contributed by atoms with Crippen LogP contribution in [0.5, 0.6) is 11.6 Å². The number of methoxy groups -OCH3 is 2. The van der Waals surface area contributed by atoms with E-state index in [4.69, 9.17) is 19.4 Å². The van der Waals surface area contributed by atoms with Gasteiger partial charge >= 0.3 is 0 Å². The molecular weight excluding hydrogens is 304 g/mol. The van der Waals surface area contributed by atoms with Crippen LogP contribution in [0.4, 0.5) is 5.69 Å². The van der Waals surface area contributed by atoms with E-state index in [0.29, 0.717) is 17.7 Å². The number of pyridine rings is 2. The first-order chi connectivity index (χ1) is 11.8. The molecule has 4 rings (SSSR count). The van der Waals surface area contributed by atoms with Crippen LogP contribution in [0, 0.1) is 0 Å². The first-order valence-electron chi connectivity index (χ1n) is 8.72. The number of anilines is 1. The van der Waals surface area contributed by atoms with Crippen LogP contribution < -0.4 is 20.1 Å².